The molecule has 1 atom stereocenters. The van der Waals surface area contributed by atoms with Crippen molar-refractivity contribution in [3.8, 4) is 0 Å². The van der Waals surface area contributed by atoms with Crippen molar-refractivity contribution < 1.29 is 23.5 Å². The lowest BCUT2D eigenvalue weighted by Crippen LogP contribution is -2.28. The second-order valence-electron chi connectivity index (χ2n) is 6.80. The molecule has 0 aromatic heterocycles. The molecule has 1 fully saturated rings. The molecule has 0 aliphatic carbocycles. The Bertz CT molecular complexity index is 858. The van der Waals surface area contributed by atoms with Crippen LogP contribution in [-0.4, -0.2) is 38.2 Å². The van der Waals surface area contributed by atoms with Crippen molar-refractivity contribution >= 4 is 23.2 Å². The Morgan fingerprint density at radius 1 is 1.17 bits per heavy atom. The second-order valence-corrected chi connectivity index (χ2v) is 6.80. The summed E-state index contributed by atoms with van der Waals surface area (Å²) in [5, 5.41) is 2.85. The monoisotopic (exact) mass is 400 g/mol. The fourth-order valence-electron chi connectivity index (χ4n) is 3.22. The van der Waals surface area contributed by atoms with Crippen molar-refractivity contribution in [3.63, 3.8) is 0 Å². The number of carbonyl (C=O) groups is 2. The third-order valence-electron chi connectivity index (χ3n) is 4.68. The smallest absolute Gasteiger partial charge is 0.229 e. The summed E-state index contributed by atoms with van der Waals surface area (Å²) in [6.07, 6.45) is 0.0560. The third-order valence-corrected chi connectivity index (χ3v) is 4.68. The highest BCUT2D eigenvalue weighted by atomic mass is 19.1. The average molecular weight is 400 g/mol. The van der Waals surface area contributed by atoms with Crippen LogP contribution in [0.4, 0.5) is 15.8 Å². The lowest BCUT2D eigenvalue weighted by molar-refractivity contribution is -0.122. The van der Waals surface area contributed by atoms with E-state index in [2.05, 4.69) is 5.32 Å². The van der Waals surface area contributed by atoms with E-state index in [1.54, 1.807) is 24.3 Å². The quantitative estimate of drug-likeness (QED) is 0.656. The maximum absolute atomic E-state index is 14.0. The molecule has 1 N–H and O–H groups in total. The summed E-state index contributed by atoms with van der Waals surface area (Å²) in [6.45, 7) is 4.20. The summed E-state index contributed by atoms with van der Waals surface area (Å²) in [5.74, 6) is -1.52. The van der Waals surface area contributed by atoms with E-state index in [1.165, 1.54) is 11.0 Å². The van der Waals surface area contributed by atoms with Crippen LogP contribution in [0.25, 0.3) is 0 Å². The number of nitrogens with one attached hydrogen (secondary N) is 1. The van der Waals surface area contributed by atoms with Crippen molar-refractivity contribution in [1.82, 2.24) is 0 Å². The average Bonchev–Trinajstić information content (AvgIpc) is 3.10. The van der Waals surface area contributed by atoms with Crippen LogP contribution in [0.3, 0.4) is 0 Å². The largest absolute Gasteiger partial charge is 0.379 e. The van der Waals surface area contributed by atoms with Crippen molar-refractivity contribution in [3.05, 3.63) is 59.9 Å². The minimum absolute atomic E-state index is 0.0560. The standard InChI is InChI=1S/C22H25FN2O4/c1-2-28-10-11-29-15-16-6-5-7-18(12-16)24-22(27)17-13-21(26)25(14-17)20-9-4-3-8-19(20)23/h3-9,12,17H,2,10-11,13-15H2,1H3,(H,24,27). The molecular formula is C22H25FN2O4. The minimum Gasteiger partial charge on any atom is -0.379 e. The van der Waals surface area contributed by atoms with Crippen molar-refractivity contribution in [2.45, 2.75) is 20.0 Å². The summed E-state index contributed by atoms with van der Waals surface area (Å²) < 4.78 is 24.8. The number of benzene rings is 2. The first-order chi connectivity index (χ1) is 14.1. The van der Waals surface area contributed by atoms with E-state index >= 15 is 0 Å². The number of hydrogen-bond acceptors (Lipinski definition) is 4. The summed E-state index contributed by atoms with van der Waals surface area (Å²) in [5.41, 5.74) is 1.77. The van der Waals surface area contributed by atoms with Crippen LogP contribution in [0, 0.1) is 11.7 Å². The molecule has 2 aromatic rings. The topological polar surface area (TPSA) is 67.9 Å². The van der Waals surface area contributed by atoms with Gasteiger partial charge in [-0.05, 0) is 36.8 Å². The zero-order valence-corrected chi connectivity index (χ0v) is 16.4. The van der Waals surface area contributed by atoms with Crippen LogP contribution < -0.4 is 10.2 Å². The van der Waals surface area contributed by atoms with E-state index in [9.17, 15) is 14.0 Å². The van der Waals surface area contributed by atoms with Gasteiger partial charge in [0, 0.05) is 25.3 Å². The molecule has 2 amide bonds. The van der Waals surface area contributed by atoms with Gasteiger partial charge in [-0.25, -0.2) is 4.39 Å². The van der Waals surface area contributed by atoms with Crippen LogP contribution >= 0.6 is 0 Å². The van der Waals surface area contributed by atoms with Gasteiger partial charge in [0.05, 0.1) is 31.4 Å². The van der Waals surface area contributed by atoms with Gasteiger partial charge in [-0.3, -0.25) is 9.59 Å². The summed E-state index contributed by atoms with van der Waals surface area (Å²) in [4.78, 5) is 26.3. The number of hydrogen-bond donors (Lipinski definition) is 1. The highest BCUT2D eigenvalue weighted by Crippen LogP contribution is 2.28. The molecule has 7 heteroatoms. The molecule has 6 nitrogen and oxygen atoms in total. The lowest BCUT2D eigenvalue weighted by atomic mass is 10.1. The second kappa shape index (κ2) is 10.1. The summed E-state index contributed by atoms with van der Waals surface area (Å²) in [7, 11) is 0. The first-order valence-corrected chi connectivity index (χ1v) is 9.68. The Balaban J connectivity index is 1.56. The molecule has 0 spiro atoms. The molecule has 29 heavy (non-hydrogen) atoms. The van der Waals surface area contributed by atoms with E-state index in [1.807, 2.05) is 25.1 Å². The molecule has 1 aliphatic rings. The van der Waals surface area contributed by atoms with Crippen LogP contribution in [0.2, 0.25) is 0 Å². The maximum atomic E-state index is 14.0. The summed E-state index contributed by atoms with van der Waals surface area (Å²) in [6, 6.07) is 13.5. The number of rotatable bonds is 9. The number of carbonyl (C=O) groups excluding carboxylic acids is 2. The van der Waals surface area contributed by atoms with Crippen molar-refractivity contribution in [2.24, 2.45) is 5.92 Å². The van der Waals surface area contributed by atoms with Gasteiger partial charge in [0.1, 0.15) is 5.82 Å². The Hall–Kier alpha value is -2.77. The summed E-state index contributed by atoms with van der Waals surface area (Å²) >= 11 is 0. The minimum atomic E-state index is -0.534. The number of ether oxygens (including phenoxy) is 2. The van der Waals surface area contributed by atoms with Crippen molar-refractivity contribution in [2.75, 3.05) is 36.6 Å². The molecule has 1 aliphatic heterocycles. The molecule has 1 saturated heterocycles. The zero-order valence-electron chi connectivity index (χ0n) is 16.4. The Kier molecular flexibility index (Phi) is 7.32. The molecule has 0 bridgehead atoms. The number of para-hydroxylation sites is 1. The fourth-order valence-corrected chi connectivity index (χ4v) is 3.22. The van der Waals surface area contributed by atoms with Gasteiger partial charge in [0.2, 0.25) is 11.8 Å². The maximum Gasteiger partial charge on any atom is 0.229 e. The molecule has 1 heterocycles. The molecule has 0 radical (unpaired) electrons. The van der Waals surface area contributed by atoms with Crippen LogP contribution in [0.1, 0.15) is 18.9 Å². The van der Waals surface area contributed by atoms with Gasteiger partial charge in [-0.2, -0.15) is 0 Å². The van der Waals surface area contributed by atoms with Gasteiger partial charge >= 0.3 is 0 Å². The molecule has 3 rings (SSSR count). The molecule has 154 valence electrons. The number of nitrogens with zero attached hydrogens (tertiary/aromatic N) is 1. The Labute approximate surface area is 169 Å². The van der Waals surface area contributed by atoms with Crippen molar-refractivity contribution in [1.29, 1.82) is 0 Å². The first kappa shape index (κ1) is 21.0. The predicted octanol–water partition coefficient (Wildman–Crippen LogP) is 3.37. The van der Waals surface area contributed by atoms with Gasteiger partial charge < -0.3 is 19.7 Å². The van der Waals surface area contributed by atoms with Gasteiger partial charge in [-0.15, -0.1) is 0 Å². The lowest BCUT2D eigenvalue weighted by Gasteiger charge is -2.17. The number of halogens is 1. The number of amides is 2. The van der Waals surface area contributed by atoms with Crippen LogP contribution in [0.5, 0.6) is 0 Å². The van der Waals surface area contributed by atoms with Gasteiger partial charge in [0.15, 0.2) is 0 Å². The SMILES string of the molecule is CCOCCOCc1cccc(NC(=O)C2CC(=O)N(c3ccccc3F)C2)c1. The highest BCUT2D eigenvalue weighted by molar-refractivity contribution is 6.03. The number of anilines is 2. The Morgan fingerprint density at radius 2 is 1.97 bits per heavy atom. The van der Waals surface area contributed by atoms with E-state index in [4.69, 9.17) is 9.47 Å². The van der Waals surface area contributed by atoms with E-state index in [0.717, 1.165) is 5.56 Å². The molecule has 2 aromatic carbocycles. The van der Waals surface area contributed by atoms with E-state index < -0.39 is 11.7 Å². The molecule has 0 saturated carbocycles. The van der Waals surface area contributed by atoms with Gasteiger partial charge in [-0.1, -0.05) is 24.3 Å². The molecule has 1 unspecified atom stereocenters. The highest BCUT2D eigenvalue weighted by Gasteiger charge is 2.36. The molecular weight excluding hydrogens is 375 g/mol. The fraction of sp³-hybridized carbons (Fsp3) is 0.364. The zero-order chi connectivity index (χ0) is 20.6. The third kappa shape index (κ3) is 5.62. The van der Waals surface area contributed by atoms with Crippen LogP contribution in [-0.2, 0) is 25.7 Å². The van der Waals surface area contributed by atoms with Crippen LogP contribution in [0.15, 0.2) is 48.5 Å². The Morgan fingerprint density at radius 3 is 2.76 bits per heavy atom. The predicted molar refractivity (Wildman–Crippen MR) is 108 cm³/mol. The van der Waals surface area contributed by atoms with Gasteiger partial charge in [0.25, 0.3) is 0 Å². The normalized spacial score (nSPS) is 16.3. The van der Waals surface area contributed by atoms with E-state index in [-0.39, 0.29) is 30.5 Å². The first-order valence-electron chi connectivity index (χ1n) is 9.68. The van der Waals surface area contributed by atoms with E-state index in [0.29, 0.717) is 32.1 Å².